The summed E-state index contributed by atoms with van der Waals surface area (Å²) in [5.41, 5.74) is 0.700. The minimum absolute atomic E-state index is 0.437. The van der Waals surface area contributed by atoms with Gasteiger partial charge in [-0.2, -0.15) is 0 Å². The summed E-state index contributed by atoms with van der Waals surface area (Å²) in [5, 5.41) is 1.72. The Labute approximate surface area is 156 Å². The first-order valence-electron chi connectivity index (χ1n) is 9.04. The van der Waals surface area contributed by atoms with E-state index in [-0.39, 0.29) is 0 Å². The van der Waals surface area contributed by atoms with Crippen LogP contribution in [0.15, 0.2) is 54.6 Å². The molecule has 3 aliphatic rings. The molecule has 3 heterocycles. The van der Waals surface area contributed by atoms with Gasteiger partial charge in [0.05, 0.1) is 12.8 Å². The van der Waals surface area contributed by atoms with E-state index >= 15 is 0 Å². The molecule has 138 valence electrons. The van der Waals surface area contributed by atoms with Gasteiger partial charge in [-0.25, -0.2) is 9.86 Å². The number of carbonyl (C=O) groups is 2. The number of anilines is 1. The molecule has 27 heavy (non-hydrogen) atoms. The molecule has 0 N–H and O–H groups in total. The minimum atomic E-state index is -1.05. The molecule has 0 amide bonds. The molecule has 0 saturated carbocycles. The van der Waals surface area contributed by atoms with Crippen LogP contribution in [0, 0.1) is 5.92 Å². The van der Waals surface area contributed by atoms with Crippen molar-refractivity contribution in [3.8, 4) is 0 Å². The maximum atomic E-state index is 13.1. The van der Waals surface area contributed by atoms with Crippen LogP contribution in [0.25, 0.3) is 0 Å². The molecule has 5 rings (SSSR count). The van der Waals surface area contributed by atoms with Gasteiger partial charge >= 0.3 is 11.9 Å². The first-order chi connectivity index (χ1) is 13.1. The summed E-state index contributed by atoms with van der Waals surface area (Å²) >= 11 is 0. The van der Waals surface area contributed by atoms with Crippen LogP contribution in [-0.4, -0.2) is 25.2 Å². The number of hydrogen-bond donors (Lipinski definition) is 0. The molecule has 2 aromatic carbocycles. The van der Waals surface area contributed by atoms with Crippen molar-refractivity contribution in [2.45, 2.75) is 30.6 Å². The average Bonchev–Trinajstić information content (AvgIpc) is 3.29. The largest absolute Gasteiger partial charge is 0.467 e. The predicted octanol–water partition coefficient (Wildman–Crippen LogP) is 2.67. The van der Waals surface area contributed by atoms with Gasteiger partial charge in [0.25, 0.3) is 0 Å². The Balaban J connectivity index is 1.87. The average molecular weight is 365 g/mol. The van der Waals surface area contributed by atoms with E-state index in [0.29, 0.717) is 6.42 Å². The van der Waals surface area contributed by atoms with Gasteiger partial charge in [-0.15, -0.1) is 0 Å². The zero-order valence-corrected chi connectivity index (χ0v) is 15.0. The van der Waals surface area contributed by atoms with Gasteiger partial charge in [0, 0.05) is 5.56 Å². The molecular formula is C21H19NO5. The first-order valence-corrected chi connectivity index (χ1v) is 9.04. The Morgan fingerprint density at radius 2 is 1.85 bits per heavy atom. The van der Waals surface area contributed by atoms with E-state index in [0.717, 1.165) is 16.8 Å². The zero-order valence-electron chi connectivity index (χ0n) is 15.0. The number of benzene rings is 2. The molecule has 2 saturated heterocycles. The fourth-order valence-corrected chi connectivity index (χ4v) is 5.17. The Morgan fingerprint density at radius 3 is 2.56 bits per heavy atom. The normalized spacial score (nSPS) is 32.8. The molecule has 4 atom stereocenters. The molecule has 0 spiro atoms. The molecule has 0 aliphatic carbocycles. The topological polar surface area (TPSA) is 65.1 Å². The highest BCUT2D eigenvalue weighted by Gasteiger charge is 2.81. The van der Waals surface area contributed by atoms with Gasteiger partial charge in [-0.1, -0.05) is 55.5 Å². The van der Waals surface area contributed by atoms with Crippen LogP contribution in [0.1, 0.15) is 24.5 Å². The molecule has 6 nitrogen and oxygen atoms in total. The van der Waals surface area contributed by atoms with Crippen molar-refractivity contribution in [3.05, 3.63) is 65.7 Å². The van der Waals surface area contributed by atoms with Crippen LogP contribution in [0.2, 0.25) is 0 Å². The third-order valence-corrected chi connectivity index (χ3v) is 6.14. The number of ether oxygens (including phenoxy) is 2. The van der Waals surface area contributed by atoms with Crippen LogP contribution < -0.4 is 5.06 Å². The molecule has 0 radical (unpaired) electrons. The van der Waals surface area contributed by atoms with E-state index in [1.807, 2.05) is 61.5 Å². The van der Waals surface area contributed by atoms with E-state index in [2.05, 4.69) is 0 Å². The van der Waals surface area contributed by atoms with Crippen LogP contribution in [-0.2, 0) is 35.0 Å². The van der Waals surface area contributed by atoms with Crippen LogP contribution in [0.4, 0.5) is 5.69 Å². The molecular weight excluding hydrogens is 346 g/mol. The molecule has 0 aromatic heterocycles. The third kappa shape index (κ3) is 1.65. The predicted molar refractivity (Wildman–Crippen MR) is 95.5 cm³/mol. The number of hydroxylamine groups is 1. The van der Waals surface area contributed by atoms with Crippen molar-refractivity contribution in [1.82, 2.24) is 0 Å². The van der Waals surface area contributed by atoms with Crippen molar-refractivity contribution in [3.63, 3.8) is 0 Å². The number of rotatable bonds is 3. The van der Waals surface area contributed by atoms with Crippen LogP contribution in [0.3, 0.4) is 0 Å². The maximum absolute atomic E-state index is 13.1. The van der Waals surface area contributed by atoms with Gasteiger partial charge < -0.3 is 9.47 Å². The highest BCUT2D eigenvalue weighted by atomic mass is 16.7. The second-order valence-corrected chi connectivity index (χ2v) is 7.07. The van der Waals surface area contributed by atoms with E-state index < -0.39 is 35.1 Å². The number of esters is 2. The molecule has 6 heteroatoms. The number of hydrogen-bond acceptors (Lipinski definition) is 6. The highest BCUT2D eigenvalue weighted by Crippen LogP contribution is 2.69. The Hall–Kier alpha value is -2.86. The van der Waals surface area contributed by atoms with Crippen molar-refractivity contribution in [1.29, 1.82) is 0 Å². The smallest absolute Gasteiger partial charge is 0.338 e. The molecule has 2 fully saturated rings. The number of methoxy groups -OCH3 is 1. The summed E-state index contributed by atoms with van der Waals surface area (Å²) in [5.74, 6) is -1.83. The number of nitrogens with zero attached hydrogens (tertiary/aromatic N) is 1. The number of carbonyl (C=O) groups excluding carboxylic acids is 2. The molecule has 0 unspecified atom stereocenters. The van der Waals surface area contributed by atoms with Crippen molar-refractivity contribution in [2.75, 3.05) is 12.2 Å². The second-order valence-electron chi connectivity index (χ2n) is 7.07. The van der Waals surface area contributed by atoms with Crippen molar-refractivity contribution in [2.24, 2.45) is 5.92 Å². The lowest BCUT2D eigenvalue weighted by Crippen LogP contribution is -2.52. The zero-order chi connectivity index (χ0) is 18.8. The molecule has 3 aliphatic heterocycles. The van der Waals surface area contributed by atoms with Gasteiger partial charge in [-0.3, -0.25) is 9.63 Å². The summed E-state index contributed by atoms with van der Waals surface area (Å²) in [6.45, 7) is 1.99. The van der Waals surface area contributed by atoms with Gasteiger partial charge in [0.1, 0.15) is 5.92 Å². The fraction of sp³-hybridized carbons (Fsp3) is 0.333. The lowest BCUT2D eigenvalue weighted by Gasteiger charge is -2.40. The lowest BCUT2D eigenvalue weighted by molar-refractivity contribution is -0.165. The summed E-state index contributed by atoms with van der Waals surface area (Å²) in [6, 6.07) is 17.4. The maximum Gasteiger partial charge on any atom is 0.338 e. The summed E-state index contributed by atoms with van der Waals surface area (Å²) in [4.78, 5) is 31.7. The van der Waals surface area contributed by atoms with Crippen molar-refractivity contribution >= 4 is 17.6 Å². The monoisotopic (exact) mass is 365 g/mol. The molecule has 0 bridgehead atoms. The fourth-order valence-electron chi connectivity index (χ4n) is 5.17. The Bertz CT molecular complexity index is 945. The Morgan fingerprint density at radius 1 is 1.15 bits per heavy atom. The molecule has 2 aromatic rings. The lowest BCUT2D eigenvalue weighted by atomic mass is 9.66. The SMILES string of the molecule is CC[C@]12OC(=O)[C@@H]3[C@@H](C(=O)OC)ON(c4ccccc41)[C@@]32c1ccccc1. The quantitative estimate of drug-likeness (QED) is 0.779. The van der Waals surface area contributed by atoms with Crippen molar-refractivity contribution < 1.29 is 23.9 Å². The highest BCUT2D eigenvalue weighted by molar-refractivity contribution is 5.92. The van der Waals surface area contributed by atoms with E-state index in [9.17, 15) is 9.59 Å². The van der Waals surface area contributed by atoms with E-state index in [4.69, 9.17) is 14.3 Å². The van der Waals surface area contributed by atoms with Gasteiger partial charge in [0.2, 0.25) is 0 Å². The van der Waals surface area contributed by atoms with Gasteiger partial charge in [0.15, 0.2) is 17.2 Å². The number of fused-ring (bicyclic) bond motifs is 3. The summed E-state index contributed by atoms with van der Waals surface area (Å²) < 4.78 is 11.0. The van der Waals surface area contributed by atoms with Gasteiger partial charge in [-0.05, 0) is 18.1 Å². The standard InChI is InChI=1S/C21H19NO5/c1-3-20-14-11-7-8-12-15(14)22-21(20,13-9-5-4-6-10-13)16(18(23)26-20)17(27-22)19(24)25-2/h4-12,16-17H,3H2,1-2H3/t16-,17-,20-,21-/m0/s1. The first kappa shape index (κ1) is 16.3. The van der Waals surface area contributed by atoms with Crippen LogP contribution in [0.5, 0.6) is 0 Å². The summed E-state index contributed by atoms with van der Waals surface area (Å²) in [6.07, 6.45) is -0.501. The van der Waals surface area contributed by atoms with E-state index in [1.54, 1.807) is 5.06 Å². The van der Waals surface area contributed by atoms with E-state index in [1.165, 1.54) is 7.11 Å². The second kappa shape index (κ2) is 5.33. The third-order valence-electron chi connectivity index (χ3n) is 6.14. The Kier molecular flexibility index (Phi) is 3.22. The summed E-state index contributed by atoms with van der Waals surface area (Å²) in [7, 11) is 1.30. The van der Waals surface area contributed by atoms with Crippen LogP contribution >= 0.6 is 0 Å². The minimum Gasteiger partial charge on any atom is -0.467 e. The number of para-hydroxylation sites is 1.